The number of ether oxygens (including phenoxy) is 1. The Morgan fingerprint density at radius 3 is 2.62 bits per heavy atom. The van der Waals surface area contributed by atoms with Crippen LogP contribution < -0.4 is 11.1 Å². The second-order valence-electron chi connectivity index (χ2n) is 6.97. The predicted octanol–water partition coefficient (Wildman–Crippen LogP) is 4.63. The van der Waals surface area contributed by atoms with Crippen molar-refractivity contribution in [2.24, 2.45) is 0 Å². The molecule has 3 rings (SSSR count). The van der Waals surface area contributed by atoms with E-state index in [0.29, 0.717) is 29.2 Å². The first-order chi connectivity index (χ1) is 14.0. The van der Waals surface area contributed by atoms with Crippen LogP contribution >= 0.6 is 0 Å². The number of esters is 1. The van der Waals surface area contributed by atoms with E-state index in [1.54, 1.807) is 13.8 Å². The number of rotatable bonds is 9. The molecule has 7 heteroatoms. The molecule has 7 nitrogen and oxygen atoms in total. The van der Waals surface area contributed by atoms with Gasteiger partial charge in [0.2, 0.25) is 5.71 Å². The number of carbonyl (C=O) groups excluding carboxylic acids is 1. The molecule has 0 aliphatic heterocycles. The number of nitrogens with zero attached hydrogens (tertiary/aromatic N) is 2. The molecule has 0 bridgehead atoms. The number of anilines is 2. The van der Waals surface area contributed by atoms with E-state index in [9.17, 15) is 4.79 Å². The van der Waals surface area contributed by atoms with E-state index in [0.717, 1.165) is 12.1 Å². The quantitative estimate of drug-likeness (QED) is 0.401. The molecule has 1 aromatic carbocycles. The molecule has 0 saturated carbocycles. The molecule has 29 heavy (non-hydrogen) atoms. The average molecular weight is 396 g/mol. The Bertz CT molecular complexity index is 980. The number of furan rings is 1. The third-order valence-corrected chi connectivity index (χ3v) is 4.76. The van der Waals surface area contributed by atoms with Crippen LogP contribution in [0, 0.1) is 6.92 Å². The smallest absolute Gasteiger partial charge is 0.342 e. The van der Waals surface area contributed by atoms with Gasteiger partial charge in [-0.3, -0.25) is 0 Å². The largest absolute Gasteiger partial charge is 0.462 e. The molecular weight excluding hydrogens is 368 g/mol. The molecule has 0 aliphatic rings. The first kappa shape index (κ1) is 20.6. The molecule has 2 heterocycles. The number of aromatic nitrogens is 2. The van der Waals surface area contributed by atoms with E-state index in [4.69, 9.17) is 14.9 Å². The van der Waals surface area contributed by atoms with Gasteiger partial charge in [0.15, 0.2) is 5.82 Å². The summed E-state index contributed by atoms with van der Waals surface area (Å²) in [5.74, 6) is 0.635. The Hall–Kier alpha value is -3.09. The number of benzene rings is 1. The van der Waals surface area contributed by atoms with E-state index < -0.39 is 5.97 Å². The number of fused-ring (bicyclic) bond motifs is 1. The van der Waals surface area contributed by atoms with Crippen LogP contribution in [0.2, 0.25) is 0 Å². The fraction of sp³-hybridized carbons (Fsp3) is 0.409. The summed E-state index contributed by atoms with van der Waals surface area (Å²) in [5, 5.41) is 3.70. The number of hydrogen-bond donors (Lipinski definition) is 2. The Balaban J connectivity index is 1.72. The second-order valence-corrected chi connectivity index (χ2v) is 6.97. The highest BCUT2D eigenvalue weighted by molar-refractivity contribution is 6.07. The van der Waals surface area contributed by atoms with Crippen molar-refractivity contribution < 1.29 is 13.9 Å². The maximum Gasteiger partial charge on any atom is 0.342 e. The van der Waals surface area contributed by atoms with Gasteiger partial charge in [0.25, 0.3) is 0 Å². The SMILES string of the molecule is CCCCCc1ccc(NCc2nc(N)c3c(C(=O)OCC)c(C)oc3n2)cc1. The summed E-state index contributed by atoms with van der Waals surface area (Å²) >= 11 is 0. The first-order valence-electron chi connectivity index (χ1n) is 10.1. The van der Waals surface area contributed by atoms with Crippen molar-refractivity contribution in [2.45, 2.75) is 53.0 Å². The Morgan fingerprint density at radius 1 is 1.17 bits per heavy atom. The van der Waals surface area contributed by atoms with Crippen LogP contribution in [0.15, 0.2) is 28.7 Å². The first-order valence-corrected chi connectivity index (χ1v) is 10.1. The number of unbranched alkanes of at least 4 members (excludes halogenated alkanes) is 2. The lowest BCUT2D eigenvalue weighted by Gasteiger charge is -2.08. The molecule has 154 valence electrons. The van der Waals surface area contributed by atoms with E-state index in [1.165, 1.54) is 24.8 Å². The summed E-state index contributed by atoms with van der Waals surface area (Å²) in [6.45, 7) is 6.31. The van der Waals surface area contributed by atoms with Crippen molar-refractivity contribution in [1.29, 1.82) is 0 Å². The van der Waals surface area contributed by atoms with Crippen LogP contribution in [0.3, 0.4) is 0 Å². The molecule has 3 aromatic rings. The zero-order valence-corrected chi connectivity index (χ0v) is 17.2. The second kappa shape index (κ2) is 9.41. The molecule has 3 N–H and O–H groups in total. The molecule has 0 amide bonds. The average Bonchev–Trinajstić information content (AvgIpc) is 3.04. The zero-order chi connectivity index (χ0) is 20.8. The number of nitrogen functional groups attached to an aromatic ring is 1. The van der Waals surface area contributed by atoms with Crippen LogP contribution in [0.1, 0.15) is 60.6 Å². The fourth-order valence-corrected chi connectivity index (χ4v) is 3.26. The maximum absolute atomic E-state index is 12.2. The summed E-state index contributed by atoms with van der Waals surface area (Å²) in [4.78, 5) is 20.9. The number of nitrogens with one attached hydrogen (secondary N) is 1. The molecule has 0 aliphatic carbocycles. The van der Waals surface area contributed by atoms with Gasteiger partial charge in [-0.1, -0.05) is 31.9 Å². The molecule has 0 saturated heterocycles. The summed E-state index contributed by atoms with van der Waals surface area (Å²) in [6, 6.07) is 8.38. The third-order valence-electron chi connectivity index (χ3n) is 4.76. The molecule has 2 aromatic heterocycles. The monoisotopic (exact) mass is 396 g/mol. The van der Waals surface area contributed by atoms with Gasteiger partial charge >= 0.3 is 5.97 Å². The van der Waals surface area contributed by atoms with Gasteiger partial charge in [0.05, 0.1) is 18.5 Å². The van der Waals surface area contributed by atoms with Crippen LogP contribution in [-0.4, -0.2) is 22.5 Å². The number of carbonyl (C=O) groups is 1. The molecular formula is C22H28N4O3. The molecule has 0 fully saturated rings. The van der Waals surface area contributed by atoms with E-state index >= 15 is 0 Å². The molecule has 0 unspecified atom stereocenters. The van der Waals surface area contributed by atoms with E-state index in [-0.39, 0.29) is 18.0 Å². The predicted molar refractivity (Wildman–Crippen MR) is 114 cm³/mol. The van der Waals surface area contributed by atoms with Crippen LogP contribution in [0.5, 0.6) is 0 Å². The van der Waals surface area contributed by atoms with Gasteiger partial charge in [-0.05, 0) is 44.4 Å². The molecule has 0 atom stereocenters. The topological polar surface area (TPSA) is 103 Å². The van der Waals surface area contributed by atoms with Gasteiger partial charge in [-0.2, -0.15) is 4.98 Å². The van der Waals surface area contributed by atoms with Gasteiger partial charge in [0, 0.05) is 5.69 Å². The van der Waals surface area contributed by atoms with Crippen molar-refractivity contribution in [3.8, 4) is 0 Å². The number of hydrogen-bond acceptors (Lipinski definition) is 7. The zero-order valence-electron chi connectivity index (χ0n) is 17.2. The minimum absolute atomic E-state index is 0.206. The van der Waals surface area contributed by atoms with Crippen molar-refractivity contribution in [2.75, 3.05) is 17.7 Å². The number of aryl methyl sites for hydroxylation is 2. The van der Waals surface area contributed by atoms with Crippen LogP contribution in [-0.2, 0) is 17.7 Å². The summed E-state index contributed by atoms with van der Waals surface area (Å²) in [7, 11) is 0. The van der Waals surface area contributed by atoms with Crippen molar-refractivity contribution in [3.05, 3.63) is 47.0 Å². The van der Waals surface area contributed by atoms with Crippen molar-refractivity contribution in [1.82, 2.24) is 9.97 Å². The van der Waals surface area contributed by atoms with Gasteiger partial charge in [0.1, 0.15) is 17.1 Å². The highest BCUT2D eigenvalue weighted by atomic mass is 16.5. The van der Waals surface area contributed by atoms with Gasteiger partial charge in [-0.25, -0.2) is 9.78 Å². The lowest BCUT2D eigenvalue weighted by atomic mass is 10.1. The van der Waals surface area contributed by atoms with Crippen molar-refractivity contribution >= 4 is 28.6 Å². The summed E-state index contributed by atoms with van der Waals surface area (Å²) in [5.41, 5.74) is 9.00. The van der Waals surface area contributed by atoms with Gasteiger partial charge in [-0.15, -0.1) is 0 Å². The van der Waals surface area contributed by atoms with Gasteiger partial charge < -0.3 is 20.2 Å². The Kier molecular flexibility index (Phi) is 6.69. The van der Waals surface area contributed by atoms with Crippen LogP contribution in [0.4, 0.5) is 11.5 Å². The normalized spacial score (nSPS) is 11.0. The Morgan fingerprint density at radius 2 is 1.93 bits per heavy atom. The van der Waals surface area contributed by atoms with E-state index in [1.807, 2.05) is 0 Å². The lowest BCUT2D eigenvalue weighted by Crippen LogP contribution is -2.09. The van der Waals surface area contributed by atoms with Crippen molar-refractivity contribution in [3.63, 3.8) is 0 Å². The summed E-state index contributed by atoms with van der Waals surface area (Å²) in [6.07, 6.45) is 4.80. The van der Waals surface area contributed by atoms with E-state index in [2.05, 4.69) is 46.5 Å². The third kappa shape index (κ3) is 4.85. The molecule has 0 spiro atoms. The molecule has 0 radical (unpaired) electrons. The Labute approximate surface area is 170 Å². The minimum atomic E-state index is -0.482. The minimum Gasteiger partial charge on any atom is -0.462 e. The highest BCUT2D eigenvalue weighted by Gasteiger charge is 2.23. The summed E-state index contributed by atoms with van der Waals surface area (Å²) < 4.78 is 10.7. The lowest BCUT2D eigenvalue weighted by molar-refractivity contribution is 0.0526. The number of nitrogens with two attached hydrogens (primary N) is 1. The standard InChI is InChI=1S/C22H28N4O3/c1-4-6-7-8-15-9-11-16(12-10-15)24-13-17-25-20(23)19-18(22(27)28-5-2)14(3)29-21(19)26-17/h9-12,24H,4-8,13H2,1-3H3,(H2,23,25,26). The fourth-order valence-electron chi connectivity index (χ4n) is 3.26. The highest BCUT2D eigenvalue weighted by Crippen LogP contribution is 2.29. The maximum atomic E-state index is 12.2. The van der Waals surface area contributed by atoms with Crippen LogP contribution in [0.25, 0.3) is 11.1 Å².